The van der Waals surface area contributed by atoms with Crippen LogP contribution < -0.4 is 21.8 Å². The number of hydrogen-bond donors (Lipinski definition) is 2. The molecule has 0 spiro atoms. The van der Waals surface area contributed by atoms with Gasteiger partial charge < -0.3 is 20.2 Å². The molecule has 36 heavy (non-hydrogen) atoms. The van der Waals surface area contributed by atoms with Crippen LogP contribution in [0.5, 0.6) is 0 Å². The zero-order valence-electron chi connectivity index (χ0n) is 20.1. The molecule has 0 aliphatic heterocycles. The summed E-state index contributed by atoms with van der Waals surface area (Å²) in [6.45, 7) is 0. The second-order valence-electron chi connectivity index (χ2n) is 8.55. The van der Waals surface area contributed by atoms with Crippen molar-refractivity contribution in [2.75, 3.05) is 11.1 Å². The summed E-state index contributed by atoms with van der Waals surface area (Å²) in [5.74, 6) is -0.281. The van der Waals surface area contributed by atoms with Gasteiger partial charge in [-0.1, -0.05) is 18.2 Å². The summed E-state index contributed by atoms with van der Waals surface area (Å²) in [5, 5.41) is 5.65. The Morgan fingerprint density at radius 1 is 0.806 bits per heavy atom. The zero-order valence-corrected chi connectivity index (χ0v) is 20.1. The van der Waals surface area contributed by atoms with Crippen molar-refractivity contribution in [2.45, 2.75) is 0 Å². The van der Waals surface area contributed by atoms with Gasteiger partial charge in [0.05, 0.1) is 27.7 Å². The third-order valence-electron chi connectivity index (χ3n) is 5.89. The number of nitrogen functional groups attached to an aromatic ring is 1. The van der Waals surface area contributed by atoms with Gasteiger partial charge in [0.2, 0.25) is 0 Å². The predicted octanol–water partition coefficient (Wildman–Crippen LogP) is 4.82. The van der Waals surface area contributed by atoms with E-state index in [4.69, 9.17) is 10.7 Å². The van der Waals surface area contributed by atoms with E-state index in [0.717, 1.165) is 27.3 Å². The molecule has 178 valence electrons. The standard InChI is InChI=1S/C29H26N6O/c1-34-16-13-22(14-17-34)31-20-7-9-21(10-8-20)33-29(36)24-12-11-23(19-26(24)30)32-27-15-18-35(2)28-6-4-3-5-25(27)28/h3-19H,30H2,1-2H3,(H,33,36). The Balaban J connectivity index is 1.35. The van der Waals surface area contributed by atoms with Crippen LogP contribution in [0.25, 0.3) is 10.9 Å². The van der Waals surface area contributed by atoms with Gasteiger partial charge in [-0.15, -0.1) is 0 Å². The first-order chi connectivity index (χ1) is 17.5. The van der Waals surface area contributed by atoms with Crippen LogP contribution in [-0.4, -0.2) is 15.0 Å². The molecule has 0 bridgehead atoms. The number of amides is 1. The van der Waals surface area contributed by atoms with E-state index < -0.39 is 0 Å². The number of rotatable bonds is 4. The number of carbonyl (C=O) groups excluding carboxylic acids is 1. The smallest absolute Gasteiger partial charge is 0.257 e. The molecule has 0 aliphatic carbocycles. The normalized spacial score (nSPS) is 11.4. The molecule has 1 amide bonds. The van der Waals surface area contributed by atoms with Crippen LogP contribution in [0.4, 0.5) is 22.7 Å². The van der Waals surface area contributed by atoms with E-state index in [1.165, 1.54) is 0 Å². The van der Waals surface area contributed by atoms with Gasteiger partial charge in [-0.25, -0.2) is 9.98 Å². The van der Waals surface area contributed by atoms with E-state index in [0.29, 0.717) is 22.6 Å². The van der Waals surface area contributed by atoms with Crippen molar-refractivity contribution in [1.82, 2.24) is 9.13 Å². The maximum absolute atomic E-state index is 12.9. The first kappa shape index (κ1) is 22.9. The highest BCUT2D eigenvalue weighted by atomic mass is 16.1. The van der Waals surface area contributed by atoms with Crippen molar-refractivity contribution in [3.05, 3.63) is 120 Å². The van der Waals surface area contributed by atoms with Gasteiger partial charge in [0.15, 0.2) is 0 Å². The summed E-state index contributed by atoms with van der Waals surface area (Å²) >= 11 is 0. The summed E-state index contributed by atoms with van der Waals surface area (Å²) < 4.78 is 4.01. The number of aryl methyl sites for hydroxylation is 2. The highest BCUT2D eigenvalue weighted by Gasteiger charge is 2.11. The molecule has 0 saturated heterocycles. The number of nitrogens with one attached hydrogen (secondary N) is 1. The summed E-state index contributed by atoms with van der Waals surface area (Å²) in [6.07, 6.45) is 5.86. The molecule has 0 aliphatic rings. The molecule has 0 saturated carbocycles. The molecule has 3 aromatic carbocycles. The third-order valence-corrected chi connectivity index (χ3v) is 5.89. The number of nitrogens with zero attached hydrogens (tertiary/aromatic N) is 4. The second-order valence-corrected chi connectivity index (χ2v) is 8.55. The van der Waals surface area contributed by atoms with Crippen LogP contribution in [0.2, 0.25) is 0 Å². The van der Waals surface area contributed by atoms with Gasteiger partial charge in [-0.05, 0) is 66.7 Å². The highest BCUT2D eigenvalue weighted by molar-refractivity contribution is 6.08. The maximum atomic E-state index is 12.9. The molecule has 3 N–H and O–H groups in total. The van der Waals surface area contributed by atoms with Gasteiger partial charge >= 0.3 is 0 Å². The summed E-state index contributed by atoms with van der Waals surface area (Å²) in [7, 11) is 3.96. The number of anilines is 2. The van der Waals surface area contributed by atoms with Gasteiger partial charge in [0.1, 0.15) is 0 Å². The number of benzene rings is 3. The lowest BCUT2D eigenvalue weighted by atomic mass is 10.1. The largest absolute Gasteiger partial charge is 0.398 e. The molecule has 7 nitrogen and oxygen atoms in total. The van der Waals surface area contributed by atoms with Crippen LogP contribution >= 0.6 is 0 Å². The van der Waals surface area contributed by atoms with Crippen LogP contribution in [0, 0.1) is 0 Å². The van der Waals surface area contributed by atoms with Crippen molar-refractivity contribution in [3.63, 3.8) is 0 Å². The van der Waals surface area contributed by atoms with Crippen LogP contribution in [0.1, 0.15) is 10.4 Å². The number of pyridine rings is 2. The van der Waals surface area contributed by atoms with Crippen LogP contribution in [-0.2, 0) is 14.1 Å². The summed E-state index contributed by atoms with van der Waals surface area (Å²) in [6, 6.07) is 26.5. The summed E-state index contributed by atoms with van der Waals surface area (Å²) in [5.41, 5.74) is 10.2. The van der Waals surface area contributed by atoms with Gasteiger partial charge in [-0.2, -0.15) is 0 Å². The molecule has 7 heteroatoms. The third kappa shape index (κ3) is 4.95. The quantitative estimate of drug-likeness (QED) is 0.366. The van der Waals surface area contributed by atoms with Crippen molar-refractivity contribution < 1.29 is 4.79 Å². The lowest BCUT2D eigenvalue weighted by Gasteiger charge is -2.09. The lowest BCUT2D eigenvalue weighted by Crippen LogP contribution is -2.14. The Bertz CT molecular complexity index is 1690. The summed E-state index contributed by atoms with van der Waals surface area (Å²) in [4.78, 5) is 22.2. The lowest BCUT2D eigenvalue weighted by molar-refractivity contribution is 0.102. The number of nitrogens with two attached hydrogens (primary N) is 1. The SMILES string of the molecule is Cn1ccc(=Nc2ccc(NC(=O)c3ccc(N=c4ccn(C)c5ccccc45)cc3N)cc2)cc1. The average molecular weight is 475 g/mol. The van der Waals surface area contributed by atoms with E-state index in [1.54, 1.807) is 18.2 Å². The zero-order chi connectivity index (χ0) is 25.1. The number of para-hydroxylation sites is 1. The van der Waals surface area contributed by atoms with Crippen molar-refractivity contribution >= 4 is 39.6 Å². The molecule has 0 fully saturated rings. The van der Waals surface area contributed by atoms with E-state index in [9.17, 15) is 4.79 Å². The maximum Gasteiger partial charge on any atom is 0.257 e. The molecule has 0 atom stereocenters. The van der Waals surface area contributed by atoms with Crippen LogP contribution in [0.15, 0.2) is 114 Å². The van der Waals surface area contributed by atoms with E-state index in [2.05, 4.69) is 20.9 Å². The molecular formula is C29H26N6O. The van der Waals surface area contributed by atoms with E-state index >= 15 is 0 Å². The van der Waals surface area contributed by atoms with Gasteiger partial charge in [0.25, 0.3) is 5.91 Å². The van der Waals surface area contributed by atoms with E-state index in [1.807, 2.05) is 97.9 Å². The van der Waals surface area contributed by atoms with Gasteiger partial charge in [0, 0.05) is 55.0 Å². The average Bonchev–Trinajstić information content (AvgIpc) is 2.88. The van der Waals surface area contributed by atoms with Crippen molar-refractivity contribution in [3.8, 4) is 0 Å². The highest BCUT2D eigenvalue weighted by Crippen LogP contribution is 2.23. The fourth-order valence-electron chi connectivity index (χ4n) is 3.95. The minimum atomic E-state index is -0.281. The minimum Gasteiger partial charge on any atom is -0.398 e. The topological polar surface area (TPSA) is 89.7 Å². The fourth-order valence-corrected chi connectivity index (χ4v) is 3.95. The Hall–Kier alpha value is -4.91. The number of fused-ring (bicyclic) bond motifs is 1. The first-order valence-electron chi connectivity index (χ1n) is 11.5. The number of hydrogen-bond acceptors (Lipinski definition) is 4. The Morgan fingerprint density at radius 3 is 2.28 bits per heavy atom. The van der Waals surface area contributed by atoms with Crippen molar-refractivity contribution in [1.29, 1.82) is 0 Å². The number of aromatic nitrogens is 2. The number of carbonyl (C=O) groups is 1. The monoisotopic (exact) mass is 474 g/mol. The molecule has 5 rings (SSSR count). The predicted molar refractivity (Wildman–Crippen MR) is 144 cm³/mol. The molecule has 0 radical (unpaired) electrons. The minimum absolute atomic E-state index is 0.281. The molecule has 2 heterocycles. The Morgan fingerprint density at radius 2 is 1.53 bits per heavy atom. The molecule has 2 aromatic heterocycles. The fraction of sp³-hybridized carbons (Fsp3) is 0.0690. The molecule has 5 aromatic rings. The van der Waals surface area contributed by atoms with Crippen molar-refractivity contribution in [2.24, 2.45) is 24.1 Å². The molecular weight excluding hydrogens is 448 g/mol. The van der Waals surface area contributed by atoms with E-state index in [-0.39, 0.29) is 5.91 Å². The van der Waals surface area contributed by atoms with Gasteiger partial charge in [-0.3, -0.25) is 4.79 Å². The Kier molecular flexibility index (Phi) is 6.19. The van der Waals surface area contributed by atoms with Crippen LogP contribution in [0.3, 0.4) is 0 Å². The first-order valence-corrected chi connectivity index (χ1v) is 11.5. The second kappa shape index (κ2) is 9.76. The molecule has 0 unspecified atom stereocenters. The Labute approximate surface area is 208 Å².